The predicted molar refractivity (Wildman–Crippen MR) is 94.0 cm³/mol. The van der Waals surface area contributed by atoms with E-state index in [0.29, 0.717) is 22.3 Å². The van der Waals surface area contributed by atoms with Gasteiger partial charge in [-0.2, -0.15) is 0 Å². The van der Waals surface area contributed by atoms with Crippen molar-refractivity contribution in [2.75, 3.05) is 10.6 Å². The van der Waals surface area contributed by atoms with E-state index in [1.165, 1.54) is 12.1 Å². The summed E-state index contributed by atoms with van der Waals surface area (Å²) in [5.74, 6) is -0.549. The van der Waals surface area contributed by atoms with E-state index in [0.717, 1.165) is 12.8 Å². The van der Waals surface area contributed by atoms with Crippen LogP contribution in [0.3, 0.4) is 0 Å². The fraction of sp³-hybridized carbons (Fsp3) is 0.158. The molecule has 4 rings (SSSR count). The second-order valence-corrected chi connectivity index (χ2v) is 6.18. The largest absolute Gasteiger partial charge is 0.350 e. The van der Waals surface area contributed by atoms with Crippen LogP contribution in [-0.4, -0.2) is 16.8 Å². The lowest BCUT2D eigenvalue weighted by molar-refractivity contribution is -0.117. The van der Waals surface area contributed by atoms with E-state index in [9.17, 15) is 14.0 Å². The Kier molecular flexibility index (Phi) is 3.72. The van der Waals surface area contributed by atoms with Gasteiger partial charge in [0.25, 0.3) is 5.91 Å². The lowest BCUT2D eigenvalue weighted by atomic mass is 10.2. The summed E-state index contributed by atoms with van der Waals surface area (Å²) < 4.78 is 13.7. The highest BCUT2D eigenvalue weighted by molar-refractivity contribution is 6.06. The predicted octanol–water partition coefficient (Wildman–Crippen LogP) is 3.91. The first-order chi connectivity index (χ1) is 12.1. The number of H-pyrrole nitrogens is 1. The SMILES string of the molecule is O=C(Nc1ccc(NC(=O)C2CC2)cc1)c1cc2c(F)cccc2[nH]1. The minimum atomic E-state index is -0.372. The van der Waals surface area contributed by atoms with Gasteiger partial charge in [-0.1, -0.05) is 6.07 Å². The molecule has 0 spiro atoms. The first kappa shape index (κ1) is 15.4. The summed E-state index contributed by atoms with van der Waals surface area (Å²) in [6.45, 7) is 0. The Morgan fingerprint density at radius 3 is 2.32 bits per heavy atom. The van der Waals surface area contributed by atoms with Gasteiger partial charge in [-0.05, 0) is 55.3 Å². The number of carbonyl (C=O) groups excluding carboxylic acids is 2. The van der Waals surface area contributed by atoms with Crippen molar-refractivity contribution in [1.29, 1.82) is 0 Å². The molecule has 5 nitrogen and oxygen atoms in total. The van der Waals surface area contributed by atoms with Crippen LogP contribution in [0.15, 0.2) is 48.5 Å². The van der Waals surface area contributed by atoms with Crippen molar-refractivity contribution in [2.45, 2.75) is 12.8 Å². The monoisotopic (exact) mass is 337 g/mol. The maximum atomic E-state index is 13.7. The smallest absolute Gasteiger partial charge is 0.272 e. The zero-order chi connectivity index (χ0) is 17.4. The molecule has 6 heteroatoms. The fourth-order valence-corrected chi connectivity index (χ4v) is 2.67. The van der Waals surface area contributed by atoms with Crippen LogP contribution in [0.5, 0.6) is 0 Å². The van der Waals surface area contributed by atoms with Gasteiger partial charge in [0, 0.05) is 28.2 Å². The maximum Gasteiger partial charge on any atom is 0.272 e. The first-order valence-corrected chi connectivity index (χ1v) is 8.10. The molecule has 2 amide bonds. The van der Waals surface area contributed by atoms with Gasteiger partial charge in [-0.15, -0.1) is 0 Å². The van der Waals surface area contributed by atoms with Gasteiger partial charge in [0.05, 0.1) is 0 Å². The molecule has 126 valence electrons. The number of aromatic amines is 1. The Bertz CT molecular complexity index is 958. The molecule has 0 atom stereocenters. The molecule has 25 heavy (non-hydrogen) atoms. The molecule has 1 aliphatic rings. The second-order valence-electron chi connectivity index (χ2n) is 6.18. The van der Waals surface area contributed by atoms with Crippen molar-refractivity contribution in [3.63, 3.8) is 0 Å². The quantitative estimate of drug-likeness (QED) is 0.675. The van der Waals surface area contributed by atoms with Crippen molar-refractivity contribution < 1.29 is 14.0 Å². The molecule has 1 aliphatic carbocycles. The van der Waals surface area contributed by atoms with Crippen LogP contribution >= 0.6 is 0 Å². The standard InChI is InChI=1S/C19H16FN3O2/c20-15-2-1-3-16-14(15)10-17(23-16)19(25)22-13-8-6-12(7-9-13)21-18(24)11-4-5-11/h1-3,6-11,23H,4-5H2,(H,21,24)(H,22,25). The van der Waals surface area contributed by atoms with Gasteiger partial charge in [-0.3, -0.25) is 9.59 Å². The summed E-state index contributed by atoms with van der Waals surface area (Å²) in [7, 11) is 0. The Hall–Kier alpha value is -3.15. The Morgan fingerprint density at radius 2 is 1.68 bits per heavy atom. The lowest BCUT2D eigenvalue weighted by Gasteiger charge is -2.07. The van der Waals surface area contributed by atoms with Crippen LogP contribution in [0.4, 0.5) is 15.8 Å². The average molecular weight is 337 g/mol. The topological polar surface area (TPSA) is 74.0 Å². The van der Waals surface area contributed by atoms with Gasteiger partial charge in [-0.25, -0.2) is 4.39 Å². The van der Waals surface area contributed by atoms with Gasteiger partial charge >= 0.3 is 0 Å². The van der Waals surface area contributed by atoms with E-state index >= 15 is 0 Å². The molecular weight excluding hydrogens is 321 g/mol. The third-order valence-electron chi connectivity index (χ3n) is 4.21. The molecule has 0 unspecified atom stereocenters. The molecule has 1 aromatic heterocycles. The van der Waals surface area contributed by atoms with E-state index in [-0.39, 0.29) is 29.2 Å². The highest BCUT2D eigenvalue weighted by Crippen LogP contribution is 2.30. The zero-order valence-electron chi connectivity index (χ0n) is 13.3. The van der Waals surface area contributed by atoms with E-state index in [1.54, 1.807) is 36.4 Å². The summed E-state index contributed by atoms with van der Waals surface area (Å²) in [6.07, 6.45) is 1.90. The number of hydrogen-bond donors (Lipinski definition) is 3. The van der Waals surface area contributed by atoms with E-state index in [1.807, 2.05) is 0 Å². The average Bonchev–Trinajstić information content (AvgIpc) is 3.36. The van der Waals surface area contributed by atoms with Crippen molar-refractivity contribution in [3.8, 4) is 0 Å². The van der Waals surface area contributed by atoms with Gasteiger partial charge in [0.15, 0.2) is 0 Å². The summed E-state index contributed by atoms with van der Waals surface area (Å²) in [5, 5.41) is 5.97. The van der Waals surface area contributed by atoms with Gasteiger partial charge in [0.1, 0.15) is 11.5 Å². The van der Waals surface area contributed by atoms with Gasteiger partial charge < -0.3 is 15.6 Å². The Labute approximate surface area is 143 Å². The molecule has 3 N–H and O–H groups in total. The highest BCUT2D eigenvalue weighted by atomic mass is 19.1. The van der Waals surface area contributed by atoms with Crippen LogP contribution < -0.4 is 10.6 Å². The fourth-order valence-electron chi connectivity index (χ4n) is 2.67. The van der Waals surface area contributed by atoms with E-state index < -0.39 is 0 Å². The summed E-state index contributed by atoms with van der Waals surface area (Å²) in [6, 6.07) is 13.0. The first-order valence-electron chi connectivity index (χ1n) is 8.10. The van der Waals surface area contributed by atoms with E-state index in [4.69, 9.17) is 0 Å². The zero-order valence-corrected chi connectivity index (χ0v) is 13.3. The Balaban J connectivity index is 1.46. The summed E-state index contributed by atoms with van der Waals surface area (Å²) in [4.78, 5) is 26.9. The summed E-state index contributed by atoms with van der Waals surface area (Å²) in [5.41, 5.74) is 2.14. The number of rotatable bonds is 4. The molecule has 1 fully saturated rings. The Morgan fingerprint density at radius 1 is 1.00 bits per heavy atom. The molecule has 2 aromatic carbocycles. The number of benzene rings is 2. The van der Waals surface area contributed by atoms with Crippen LogP contribution in [-0.2, 0) is 4.79 Å². The molecular formula is C19H16FN3O2. The van der Waals surface area contributed by atoms with Crippen molar-refractivity contribution in [3.05, 3.63) is 60.0 Å². The van der Waals surface area contributed by atoms with Crippen LogP contribution in [0.1, 0.15) is 23.3 Å². The number of halogens is 1. The second kappa shape index (κ2) is 6.05. The van der Waals surface area contributed by atoms with Crippen molar-refractivity contribution >= 4 is 34.1 Å². The number of anilines is 2. The van der Waals surface area contributed by atoms with Crippen molar-refractivity contribution in [2.24, 2.45) is 5.92 Å². The highest BCUT2D eigenvalue weighted by Gasteiger charge is 2.29. The number of nitrogens with one attached hydrogen (secondary N) is 3. The number of carbonyl (C=O) groups is 2. The van der Waals surface area contributed by atoms with Crippen LogP contribution in [0.2, 0.25) is 0 Å². The summed E-state index contributed by atoms with van der Waals surface area (Å²) >= 11 is 0. The molecule has 3 aromatic rings. The lowest BCUT2D eigenvalue weighted by Crippen LogP contribution is -2.14. The molecule has 1 heterocycles. The van der Waals surface area contributed by atoms with Crippen LogP contribution in [0.25, 0.3) is 10.9 Å². The molecule has 1 saturated carbocycles. The number of fused-ring (bicyclic) bond motifs is 1. The maximum absolute atomic E-state index is 13.7. The number of aromatic nitrogens is 1. The van der Waals surface area contributed by atoms with Gasteiger partial charge in [0.2, 0.25) is 5.91 Å². The molecule has 0 bridgehead atoms. The minimum Gasteiger partial charge on any atom is -0.350 e. The van der Waals surface area contributed by atoms with Crippen LogP contribution in [0, 0.1) is 11.7 Å². The molecule has 0 radical (unpaired) electrons. The third kappa shape index (κ3) is 3.24. The van der Waals surface area contributed by atoms with E-state index in [2.05, 4.69) is 15.6 Å². The third-order valence-corrected chi connectivity index (χ3v) is 4.21. The van der Waals surface area contributed by atoms with Crippen molar-refractivity contribution in [1.82, 2.24) is 4.98 Å². The normalized spacial score (nSPS) is 13.6. The molecule has 0 saturated heterocycles. The minimum absolute atomic E-state index is 0.0388. The molecule has 0 aliphatic heterocycles. The number of amides is 2. The number of hydrogen-bond acceptors (Lipinski definition) is 2.